The first-order valence-electron chi connectivity index (χ1n) is 6.89. The standard InChI is InChI=1S/C13H24N2O4/c14-7-3-1-2-4-11(16)15-10-13(12(17)18)5-8-19-9-6-13/h1-10,14H2,(H,15,16)(H,17,18). The molecule has 1 heterocycles. The van der Waals surface area contributed by atoms with Crippen LogP contribution in [0.5, 0.6) is 0 Å². The smallest absolute Gasteiger partial charge is 0.311 e. The second kappa shape index (κ2) is 8.12. The van der Waals surface area contributed by atoms with Crippen LogP contribution in [-0.2, 0) is 14.3 Å². The molecule has 0 radical (unpaired) electrons. The molecule has 0 aliphatic carbocycles. The quantitative estimate of drug-likeness (QED) is 0.559. The maximum absolute atomic E-state index is 11.6. The van der Waals surface area contributed by atoms with E-state index in [1.165, 1.54) is 0 Å². The Morgan fingerprint density at radius 3 is 2.47 bits per heavy atom. The molecule has 1 rings (SSSR count). The summed E-state index contributed by atoms with van der Waals surface area (Å²) in [5.74, 6) is -0.927. The fraction of sp³-hybridized carbons (Fsp3) is 0.846. The molecule has 0 bridgehead atoms. The van der Waals surface area contributed by atoms with E-state index in [1.54, 1.807) is 0 Å². The fourth-order valence-corrected chi connectivity index (χ4v) is 2.19. The number of aliphatic carboxylic acids is 1. The van der Waals surface area contributed by atoms with Crippen molar-refractivity contribution in [2.45, 2.75) is 38.5 Å². The first-order chi connectivity index (χ1) is 9.10. The van der Waals surface area contributed by atoms with Crippen LogP contribution in [0.4, 0.5) is 0 Å². The van der Waals surface area contributed by atoms with E-state index in [2.05, 4.69) is 5.32 Å². The zero-order valence-corrected chi connectivity index (χ0v) is 11.3. The van der Waals surface area contributed by atoms with Gasteiger partial charge in [0, 0.05) is 26.2 Å². The number of carboxylic acid groups (broad SMARTS) is 1. The van der Waals surface area contributed by atoms with E-state index in [1.807, 2.05) is 0 Å². The van der Waals surface area contributed by atoms with Gasteiger partial charge in [-0.1, -0.05) is 6.42 Å². The third kappa shape index (κ3) is 5.16. The molecule has 0 saturated carbocycles. The van der Waals surface area contributed by atoms with Gasteiger partial charge in [-0.2, -0.15) is 0 Å². The van der Waals surface area contributed by atoms with Gasteiger partial charge >= 0.3 is 5.97 Å². The lowest BCUT2D eigenvalue weighted by molar-refractivity contribution is -0.154. The minimum Gasteiger partial charge on any atom is -0.481 e. The number of nitrogens with two attached hydrogens (primary N) is 1. The van der Waals surface area contributed by atoms with Crippen molar-refractivity contribution in [2.24, 2.45) is 11.1 Å². The summed E-state index contributed by atoms with van der Waals surface area (Å²) < 4.78 is 5.19. The number of nitrogens with one attached hydrogen (secondary N) is 1. The molecule has 0 atom stereocenters. The zero-order valence-electron chi connectivity index (χ0n) is 11.3. The summed E-state index contributed by atoms with van der Waals surface area (Å²) in [5, 5.41) is 12.1. The van der Waals surface area contributed by atoms with Crippen molar-refractivity contribution in [1.82, 2.24) is 5.32 Å². The molecule has 4 N–H and O–H groups in total. The summed E-state index contributed by atoms with van der Waals surface area (Å²) in [7, 11) is 0. The molecule has 1 aliphatic rings. The van der Waals surface area contributed by atoms with E-state index in [4.69, 9.17) is 10.5 Å². The van der Waals surface area contributed by atoms with Crippen LogP contribution in [0.1, 0.15) is 38.5 Å². The number of carbonyl (C=O) groups is 2. The van der Waals surface area contributed by atoms with Gasteiger partial charge in [-0.25, -0.2) is 0 Å². The molecule has 19 heavy (non-hydrogen) atoms. The largest absolute Gasteiger partial charge is 0.481 e. The van der Waals surface area contributed by atoms with Crippen LogP contribution < -0.4 is 11.1 Å². The molecule has 110 valence electrons. The topological polar surface area (TPSA) is 102 Å². The number of hydrogen-bond acceptors (Lipinski definition) is 4. The van der Waals surface area contributed by atoms with Crippen LogP contribution in [0, 0.1) is 5.41 Å². The van der Waals surface area contributed by atoms with Crippen molar-refractivity contribution in [2.75, 3.05) is 26.3 Å². The van der Waals surface area contributed by atoms with Crippen molar-refractivity contribution in [1.29, 1.82) is 0 Å². The number of carboxylic acids is 1. The van der Waals surface area contributed by atoms with Gasteiger partial charge in [0.1, 0.15) is 0 Å². The van der Waals surface area contributed by atoms with Gasteiger partial charge in [-0.05, 0) is 32.2 Å². The lowest BCUT2D eigenvalue weighted by Crippen LogP contribution is -2.46. The Labute approximate surface area is 113 Å². The van der Waals surface area contributed by atoms with Crippen LogP contribution in [0.25, 0.3) is 0 Å². The number of carbonyl (C=O) groups excluding carboxylic acids is 1. The summed E-state index contributed by atoms with van der Waals surface area (Å²) in [6.45, 7) is 1.72. The van der Waals surface area contributed by atoms with Crippen molar-refractivity contribution in [3.8, 4) is 0 Å². The molecule has 1 aliphatic heterocycles. The van der Waals surface area contributed by atoms with E-state index in [0.717, 1.165) is 19.3 Å². The first kappa shape index (κ1) is 15.9. The van der Waals surface area contributed by atoms with Gasteiger partial charge in [-0.15, -0.1) is 0 Å². The highest BCUT2D eigenvalue weighted by Gasteiger charge is 2.40. The molecule has 1 amide bonds. The second-order valence-electron chi connectivity index (χ2n) is 5.07. The molecule has 0 aromatic heterocycles. The minimum atomic E-state index is -0.856. The number of ether oxygens (including phenoxy) is 1. The summed E-state index contributed by atoms with van der Waals surface area (Å²) >= 11 is 0. The average molecular weight is 272 g/mol. The molecule has 0 aromatic rings. The second-order valence-corrected chi connectivity index (χ2v) is 5.07. The Hall–Kier alpha value is -1.14. The highest BCUT2D eigenvalue weighted by atomic mass is 16.5. The van der Waals surface area contributed by atoms with E-state index >= 15 is 0 Å². The number of rotatable bonds is 8. The van der Waals surface area contributed by atoms with Crippen molar-refractivity contribution < 1.29 is 19.4 Å². The molecular formula is C13H24N2O4. The van der Waals surface area contributed by atoms with E-state index in [9.17, 15) is 14.7 Å². The van der Waals surface area contributed by atoms with Crippen molar-refractivity contribution in [3.05, 3.63) is 0 Å². The predicted molar refractivity (Wildman–Crippen MR) is 70.7 cm³/mol. The highest BCUT2D eigenvalue weighted by molar-refractivity contribution is 5.79. The lowest BCUT2D eigenvalue weighted by atomic mass is 9.80. The lowest BCUT2D eigenvalue weighted by Gasteiger charge is -2.33. The number of amides is 1. The SMILES string of the molecule is NCCCCCC(=O)NCC1(C(=O)O)CCOCC1. The average Bonchev–Trinajstić information content (AvgIpc) is 2.42. The summed E-state index contributed by atoms with van der Waals surface area (Å²) in [6.07, 6.45) is 4.00. The van der Waals surface area contributed by atoms with Gasteiger partial charge in [0.2, 0.25) is 5.91 Å². The van der Waals surface area contributed by atoms with Gasteiger partial charge in [0.15, 0.2) is 0 Å². The van der Waals surface area contributed by atoms with Crippen LogP contribution in [0.3, 0.4) is 0 Å². The van der Waals surface area contributed by atoms with Gasteiger partial charge in [0.05, 0.1) is 5.41 Å². The summed E-state index contributed by atoms with van der Waals surface area (Å²) in [6, 6.07) is 0. The molecular weight excluding hydrogens is 248 g/mol. The number of unbranched alkanes of at least 4 members (excludes halogenated alkanes) is 2. The van der Waals surface area contributed by atoms with Crippen molar-refractivity contribution in [3.63, 3.8) is 0 Å². The summed E-state index contributed by atoms with van der Waals surface area (Å²) in [4.78, 5) is 23.0. The Morgan fingerprint density at radius 1 is 1.21 bits per heavy atom. The Balaban J connectivity index is 2.31. The zero-order chi connectivity index (χ0) is 14.1. The number of hydrogen-bond donors (Lipinski definition) is 3. The van der Waals surface area contributed by atoms with Crippen LogP contribution in [-0.4, -0.2) is 43.3 Å². The van der Waals surface area contributed by atoms with Crippen LogP contribution >= 0.6 is 0 Å². The first-order valence-corrected chi connectivity index (χ1v) is 6.89. The summed E-state index contributed by atoms with van der Waals surface area (Å²) in [5.41, 5.74) is 4.52. The minimum absolute atomic E-state index is 0.0795. The molecule has 6 nitrogen and oxygen atoms in total. The van der Waals surface area contributed by atoms with E-state index in [-0.39, 0.29) is 12.5 Å². The third-order valence-electron chi connectivity index (χ3n) is 3.64. The molecule has 0 spiro atoms. The molecule has 0 aromatic carbocycles. The van der Waals surface area contributed by atoms with Crippen LogP contribution in [0.2, 0.25) is 0 Å². The van der Waals surface area contributed by atoms with Gasteiger partial charge < -0.3 is 20.9 Å². The maximum Gasteiger partial charge on any atom is 0.311 e. The Bertz CT molecular complexity index is 301. The third-order valence-corrected chi connectivity index (χ3v) is 3.64. The maximum atomic E-state index is 11.6. The Morgan fingerprint density at radius 2 is 1.89 bits per heavy atom. The van der Waals surface area contributed by atoms with Crippen molar-refractivity contribution >= 4 is 11.9 Å². The fourth-order valence-electron chi connectivity index (χ4n) is 2.19. The monoisotopic (exact) mass is 272 g/mol. The molecule has 1 fully saturated rings. The highest BCUT2D eigenvalue weighted by Crippen LogP contribution is 2.30. The normalized spacial score (nSPS) is 17.9. The predicted octanol–water partition coefficient (Wildman–Crippen LogP) is 0.503. The Kier molecular flexibility index (Phi) is 6.80. The van der Waals surface area contributed by atoms with Gasteiger partial charge in [0.25, 0.3) is 0 Å². The van der Waals surface area contributed by atoms with E-state index < -0.39 is 11.4 Å². The molecule has 6 heteroatoms. The van der Waals surface area contributed by atoms with Crippen LogP contribution in [0.15, 0.2) is 0 Å². The molecule has 1 saturated heterocycles. The van der Waals surface area contributed by atoms with Gasteiger partial charge in [-0.3, -0.25) is 9.59 Å². The molecule has 0 unspecified atom stereocenters. The van der Waals surface area contributed by atoms with E-state index in [0.29, 0.717) is 39.0 Å².